The van der Waals surface area contributed by atoms with Gasteiger partial charge in [-0.2, -0.15) is 5.10 Å². The third-order valence-corrected chi connectivity index (χ3v) is 5.91. The van der Waals surface area contributed by atoms with E-state index in [1.54, 1.807) is 11.0 Å². The van der Waals surface area contributed by atoms with Gasteiger partial charge in [-0.25, -0.2) is 14.6 Å². The maximum absolute atomic E-state index is 11.9. The first-order valence-corrected chi connectivity index (χ1v) is 9.89. The van der Waals surface area contributed by atoms with Gasteiger partial charge in [0.25, 0.3) is 0 Å². The Bertz CT molecular complexity index is 1260. The zero-order chi connectivity index (χ0) is 18.7. The highest BCUT2D eigenvalue weighted by atomic mass is 79.9. The molecule has 5 rings (SSSR count). The fraction of sp³-hybridized carbons (Fsp3) is 0.125. The number of imidazole rings is 1. The number of aromatic hydroxyl groups is 1. The van der Waals surface area contributed by atoms with E-state index in [0.717, 1.165) is 32.8 Å². The molecule has 0 radical (unpaired) electrons. The molecule has 0 unspecified atom stereocenters. The monoisotopic (exact) mass is 464 g/mol. The number of hydrogen-bond donors (Lipinski definition) is 1. The van der Waals surface area contributed by atoms with Crippen LogP contribution in [0.5, 0.6) is 5.88 Å². The standard InChI is InChI=1S/C16H10BrClN6O2S/c17-8-1-2-10-9(3-8)15-20-12(5-22-13(25)6-27-16(22)26)21-24(15)4-11-14(18)19-7-23(10)11/h1-3,6-7,25H,4-5H2. The van der Waals surface area contributed by atoms with E-state index in [1.165, 1.54) is 9.95 Å². The summed E-state index contributed by atoms with van der Waals surface area (Å²) in [7, 11) is 0. The predicted molar refractivity (Wildman–Crippen MR) is 104 cm³/mol. The van der Waals surface area contributed by atoms with Gasteiger partial charge >= 0.3 is 4.87 Å². The van der Waals surface area contributed by atoms with Crippen molar-refractivity contribution in [2.75, 3.05) is 0 Å². The van der Waals surface area contributed by atoms with Gasteiger partial charge in [-0.3, -0.25) is 13.9 Å². The van der Waals surface area contributed by atoms with E-state index in [4.69, 9.17) is 11.6 Å². The summed E-state index contributed by atoms with van der Waals surface area (Å²) in [6.07, 6.45) is 1.68. The van der Waals surface area contributed by atoms with Crippen LogP contribution in [0.2, 0.25) is 5.15 Å². The highest BCUT2D eigenvalue weighted by molar-refractivity contribution is 9.10. The minimum absolute atomic E-state index is 0.0878. The van der Waals surface area contributed by atoms with Crippen LogP contribution in [0.15, 0.2) is 39.2 Å². The summed E-state index contributed by atoms with van der Waals surface area (Å²) in [4.78, 5) is 20.5. The molecule has 0 saturated carbocycles. The second kappa shape index (κ2) is 6.04. The van der Waals surface area contributed by atoms with E-state index in [0.29, 0.717) is 23.3 Å². The van der Waals surface area contributed by atoms with Gasteiger partial charge in [0, 0.05) is 10.0 Å². The van der Waals surface area contributed by atoms with Crippen LogP contribution in [0.25, 0.3) is 17.1 Å². The number of fused-ring (bicyclic) bond motifs is 5. The summed E-state index contributed by atoms with van der Waals surface area (Å²) in [6.45, 7) is 0.475. The van der Waals surface area contributed by atoms with Gasteiger partial charge in [0.05, 0.1) is 29.9 Å². The number of hydrogen-bond acceptors (Lipinski definition) is 6. The second-order valence-corrected chi connectivity index (χ2v) is 8.06. The van der Waals surface area contributed by atoms with Crippen molar-refractivity contribution in [3.8, 4) is 23.0 Å². The van der Waals surface area contributed by atoms with Crippen molar-refractivity contribution in [1.29, 1.82) is 0 Å². The molecule has 1 aliphatic heterocycles. The Kier molecular flexibility index (Phi) is 3.74. The molecule has 0 amide bonds. The summed E-state index contributed by atoms with van der Waals surface area (Å²) in [5.74, 6) is 0.985. The summed E-state index contributed by atoms with van der Waals surface area (Å²) < 4.78 is 5.80. The van der Waals surface area contributed by atoms with E-state index in [2.05, 4.69) is 31.0 Å². The van der Waals surface area contributed by atoms with Crippen molar-refractivity contribution >= 4 is 38.9 Å². The van der Waals surface area contributed by atoms with Crippen molar-refractivity contribution in [3.05, 3.63) is 60.7 Å². The Balaban J connectivity index is 1.69. The van der Waals surface area contributed by atoms with Crippen LogP contribution in [0, 0.1) is 0 Å². The second-order valence-electron chi connectivity index (χ2n) is 5.97. The van der Waals surface area contributed by atoms with Crippen LogP contribution < -0.4 is 4.87 Å². The molecule has 27 heavy (non-hydrogen) atoms. The molecule has 0 aliphatic carbocycles. The summed E-state index contributed by atoms with van der Waals surface area (Å²) in [5, 5.41) is 16.2. The maximum atomic E-state index is 11.9. The maximum Gasteiger partial charge on any atom is 0.310 e. The van der Waals surface area contributed by atoms with Gasteiger partial charge < -0.3 is 5.11 Å². The molecule has 11 heteroatoms. The van der Waals surface area contributed by atoms with Gasteiger partial charge in [-0.15, -0.1) is 0 Å². The number of nitrogens with zero attached hydrogens (tertiary/aromatic N) is 6. The van der Waals surface area contributed by atoms with Crippen LogP contribution in [-0.2, 0) is 13.1 Å². The molecule has 1 aliphatic rings. The fourth-order valence-corrected chi connectivity index (χ4v) is 4.29. The Hall–Kier alpha value is -2.43. The van der Waals surface area contributed by atoms with Gasteiger partial charge in [-0.1, -0.05) is 38.9 Å². The highest BCUT2D eigenvalue weighted by Crippen LogP contribution is 2.34. The molecule has 4 aromatic rings. The summed E-state index contributed by atoms with van der Waals surface area (Å²) >= 11 is 10.7. The van der Waals surface area contributed by atoms with E-state index in [1.807, 2.05) is 22.8 Å². The van der Waals surface area contributed by atoms with Crippen LogP contribution in [0.1, 0.15) is 11.5 Å². The molecule has 4 heterocycles. The molecular weight excluding hydrogens is 456 g/mol. The first kappa shape index (κ1) is 16.7. The molecule has 0 spiro atoms. The first-order chi connectivity index (χ1) is 13.0. The number of aromatic nitrogens is 6. The average molecular weight is 466 g/mol. The molecule has 0 bridgehead atoms. The van der Waals surface area contributed by atoms with E-state index < -0.39 is 0 Å². The summed E-state index contributed by atoms with van der Waals surface area (Å²) in [5.41, 5.74) is 2.55. The SMILES string of the molecule is O=c1scc(O)n1Cc1nc2n(n1)Cc1c(Cl)ncn1-c1ccc(Br)cc1-2. The molecule has 8 nitrogen and oxygen atoms in total. The van der Waals surface area contributed by atoms with Crippen LogP contribution in [-0.4, -0.2) is 34.0 Å². The molecule has 0 fully saturated rings. The lowest BCUT2D eigenvalue weighted by Gasteiger charge is -2.08. The Morgan fingerprint density at radius 3 is 3.00 bits per heavy atom. The molecule has 1 aromatic carbocycles. The van der Waals surface area contributed by atoms with Crippen molar-refractivity contribution in [3.63, 3.8) is 0 Å². The van der Waals surface area contributed by atoms with Crippen molar-refractivity contribution in [2.45, 2.75) is 13.1 Å². The topological polar surface area (TPSA) is 90.8 Å². The number of benzene rings is 1. The number of rotatable bonds is 2. The zero-order valence-electron chi connectivity index (χ0n) is 13.5. The molecule has 136 valence electrons. The number of halogens is 2. The van der Waals surface area contributed by atoms with E-state index in [-0.39, 0.29) is 17.3 Å². The lowest BCUT2D eigenvalue weighted by molar-refractivity contribution is 0.419. The lowest BCUT2D eigenvalue weighted by atomic mass is 10.1. The van der Waals surface area contributed by atoms with Crippen molar-refractivity contribution in [2.24, 2.45) is 0 Å². The van der Waals surface area contributed by atoms with Crippen molar-refractivity contribution in [1.82, 2.24) is 28.9 Å². The van der Waals surface area contributed by atoms with Gasteiger partial charge in [0.15, 0.2) is 16.8 Å². The minimum Gasteiger partial charge on any atom is -0.494 e. The molecular formula is C16H10BrClN6O2S. The molecule has 0 atom stereocenters. The van der Waals surface area contributed by atoms with E-state index in [9.17, 15) is 9.90 Å². The molecule has 3 aromatic heterocycles. The Labute approximate surface area is 169 Å². The molecule has 0 saturated heterocycles. The fourth-order valence-electron chi connectivity index (χ4n) is 3.12. The van der Waals surface area contributed by atoms with Crippen LogP contribution in [0.4, 0.5) is 0 Å². The molecule has 1 N–H and O–H groups in total. The van der Waals surface area contributed by atoms with Crippen LogP contribution in [0.3, 0.4) is 0 Å². The first-order valence-electron chi connectivity index (χ1n) is 7.84. The third kappa shape index (κ3) is 2.63. The normalized spacial score (nSPS) is 12.4. The van der Waals surface area contributed by atoms with Gasteiger partial charge in [-0.05, 0) is 18.2 Å². The van der Waals surface area contributed by atoms with Gasteiger partial charge in [0.2, 0.25) is 5.88 Å². The summed E-state index contributed by atoms with van der Waals surface area (Å²) in [6, 6.07) is 5.85. The Morgan fingerprint density at radius 1 is 1.37 bits per heavy atom. The number of thiazole rings is 1. The Morgan fingerprint density at radius 2 is 2.22 bits per heavy atom. The van der Waals surface area contributed by atoms with Crippen molar-refractivity contribution < 1.29 is 5.11 Å². The average Bonchev–Trinajstić information content (AvgIpc) is 3.28. The zero-order valence-corrected chi connectivity index (χ0v) is 16.7. The highest BCUT2D eigenvalue weighted by Gasteiger charge is 2.25. The van der Waals surface area contributed by atoms with E-state index >= 15 is 0 Å². The smallest absolute Gasteiger partial charge is 0.310 e. The predicted octanol–water partition coefficient (Wildman–Crippen LogP) is 2.89. The quantitative estimate of drug-likeness (QED) is 0.433. The van der Waals surface area contributed by atoms with Crippen LogP contribution >= 0.6 is 38.9 Å². The van der Waals surface area contributed by atoms with Gasteiger partial charge in [0.1, 0.15) is 6.33 Å². The minimum atomic E-state index is -0.262. The lowest BCUT2D eigenvalue weighted by Crippen LogP contribution is -2.14. The largest absolute Gasteiger partial charge is 0.494 e. The third-order valence-electron chi connectivity index (χ3n) is 4.35.